The summed E-state index contributed by atoms with van der Waals surface area (Å²) in [4.78, 5) is 27.5. The van der Waals surface area contributed by atoms with E-state index in [1.54, 1.807) is 6.20 Å². The van der Waals surface area contributed by atoms with Crippen LogP contribution in [0.4, 0.5) is 5.69 Å². The number of aromatic amines is 1. The van der Waals surface area contributed by atoms with Gasteiger partial charge >= 0.3 is 0 Å². The van der Waals surface area contributed by atoms with Gasteiger partial charge in [-0.15, -0.1) is 0 Å². The van der Waals surface area contributed by atoms with E-state index >= 15 is 0 Å². The Bertz CT molecular complexity index is 1000. The van der Waals surface area contributed by atoms with Crippen molar-refractivity contribution < 1.29 is 4.74 Å². The Balaban J connectivity index is 0.000000216. The molecule has 1 saturated heterocycles. The molecule has 0 radical (unpaired) electrons. The van der Waals surface area contributed by atoms with Gasteiger partial charge in [-0.05, 0) is 36.2 Å². The van der Waals surface area contributed by atoms with Crippen molar-refractivity contribution in [2.75, 3.05) is 51.8 Å². The van der Waals surface area contributed by atoms with Crippen LogP contribution in [0.5, 0.6) is 0 Å². The van der Waals surface area contributed by atoms with Crippen molar-refractivity contribution in [3.8, 4) is 11.3 Å². The van der Waals surface area contributed by atoms with Gasteiger partial charge in [-0.1, -0.05) is 26.0 Å². The highest BCUT2D eigenvalue weighted by Gasteiger charge is 2.12. The van der Waals surface area contributed by atoms with Gasteiger partial charge in [0, 0.05) is 45.3 Å². The highest BCUT2D eigenvalue weighted by molar-refractivity contribution is 5.78. The summed E-state index contributed by atoms with van der Waals surface area (Å²) in [6.07, 6.45) is 3.10. The largest absolute Gasteiger partial charge is 0.380 e. The molecular weight excluding hydrogens is 378 g/mol. The SMILES string of the molecule is CCN1CCOC[C@H](C)C1.CN(C)c1ccc(-c2cc3nccnc3c(=O)[nH]2)cc1. The lowest BCUT2D eigenvalue weighted by atomic mass is 10.1. The molecule has 3 aromatic rings. The number of nitrogens with zero attached hydrogens (tertiary/aromatic N) is 4. The van der Waals surface area contributed by atoms with Gasteiger partial charge in [0.05, 0.1) is 24.4 Å². The van der Waals surface area contributed by atoms with E-state index in [1.165, 1.54) is 12.7 Å². The summed E-state index contributed by atoms with van der Waals surface area (Å²) in [7, 11) is 3.98. The average molecular weight is 410 g/mol. The number of ether oxygens (including phenoxy) is 1. The molecule has 30 heavy (non-hydrogen) atoms. The van der Waals surface area contributed by atoms with E-state index in [9.17, 15) is 4.79 Å². The Morgan fingerprint density at radius 2 is 1.93 bits per heavy atom. The van der Waals surface area contributed by atoms with Crippen LogP contribution in [-0.2, 0) is 4.74 Å². The molecule has 1 N–H and O–H groups in total. The number of likely N-dealkylation sites (N-methyl/N-ethyl adjacent to an activating group) is 1. The third kappa shape index (κ3) is 5.64. The summed E-state index contributed by atoms with van der Waals surface area (Å²) >= 11 is 0. The zero-order valence-corrected chi connectivity index (χ0v) is 18.3. The molecule has 3 heterocycles. The molecule has 4 rings (SSSR count). The topological polar surface area (TPSA) is 74.3 Å². The van der Waals surface area contributed by atoms with E-state index < -0.39 is 0 Å². The van der Waals surface area contributed by atoms with Gasteiger partial charge in [0.15, 0.2) is 5.52 Å². The van der Waals surface area contributed by atoms with Crippen LogP contribution < -0.4 is 10.5 Å². The van der Waals surface area contributed by atoms with E-state index in [0.29, 0.717) is 17.0 Å². The molecule has 1 fully saturated rings. The van der Waals surface area contributed by atoms with Crippen LogP contribution >= 0.6 is 0 Å². The summed E-state index contributed by atoms with van der Waals surface area (Å²) in [5.41, 5.74) is 3.54. The van der Waals surface area contributed by atoms with E-state index in [4.69, 9.17) is 4.74 Å². The molecule has 0 aliphatic carbocycles. The number of nitrogens with one attached hydrogen (secondary N) is 1. The van der Waals surface area contributed by atoms with Crippen molar-refractivity contribution in [3.63, 3.8) is 0 Å². The Morgan fingerprint density at radius 1 is 1.20 bits per heavy atom. The fraction of sp³-hybridized carbons (Fsp3) is 0.435. The molecule has 0 spiro atoms. The van der Waals surface area contributed by atoms with Crippen molar-refractivity contribution in [1.29, 1.82) is 0 Å². The third-order valence-corrected chi connectivity index (χ3v) is 5.14. The maximum atomic E-state index is 12.0. The quantitative estimate of drug-likeness (QED) is 0.717. The van der Waals surface area contributed by atoms with Crippen LogP contribution in [0, 0.1) is 5.92 Å². The van der Waals surface area contributed by atoms with Crippen LogP contribution in [0.3, 0.4) is 0 Å². The van der Waals surface area contributed by atoms with Gasteiger partial charge in [0.1, 0.15) is 0 Å². The standard InChI is InChI=1S/C15H14N4O.C8H17NO/c1-19(2)11-5-3-10(4-6-11)12-9-13-14(15(20)18-12)17-8-7-16-13;1-3-9-4-5-10-7-8(2)6-9/h3-9H,1-2H3,(H,18,20);8H,3-7H2,1-2H3/t;8-/m.1/s1. The summed E-state index contributed by atoms with van der Waals surface area (Å²) in [5, 5.41) is 0. The van der Waals surface area contributed by atoms with Gasteiger partial charge in [-0.3, -0.25) is 9.78 Å². The van der Waals surface area contributed by atoms with Crippen LogP contribution in [0.15, 0.2) is 47.5 Å². The van der Waals surface area contributed by atoms with E-state index in [-0.39, 0.29) is 5.56 Å². The highest BCUT2D eigenvalue weighted by atomic mass is 16.5. The van der Waals surface area contributed by atoms with Gasteiger partial charge in [-0.2, -0.15) is 0 Å². The second kappa shape index (κ2) is 10.3. The lowest BCUT2D eigenvalue weighted by Gasteiger charge is -2.18. The first-order valence-electron chi connectivity index (χ1n) is 10.4. The zero-order chi connectivity index (χ0) is 21.5. The second-order valence-electron chi connectivity index (χ2n) is 7.82. The van der Waals surface area contributed by atoms with Gasteiger partial charge in [-0.25, -0.2) is 4.98 Å². The van der Waals surface area contributed by atoms with Crippen molar-refractivity contribution in [2.24, 2.45) is 5.92 Å². The fourth-order valence-electron chi connectivity index (χ4n) is 3.43. The fourth-order valence-corrected chi connectivity index (χ4v) is 3.43. The molecule has 7 nitrogen and oxygen atoms in total. The van der Waals surface area contributed by atoms with E-state index in [1.807, 2.05) is 49.3 Å². The number of H-pyrrole nitrogens is 1. The molecule has 1 atom stereocenters. The Morgan fingerprint density at radius 3 is 2.63 bits per heavy atom. The minimum absolute atomic E-state index is 0.220. The number of anilines is 1. The molecule has 2 aromatic heterocycles. The van der Waals surface area contributed by atoms with Gasteiger partial charge in [0.25, 0.3) is 5.56 Å². The predicted molar refractivity (Wildman–Crippen MR) is 122 cm³/mol. The third-order valence-electron chi connectivity index (χ3n) is 5.14. The normalized spacial score (nSPS) is 17.1. The maximum Gasteiger partial charge on any atom is 0.276 e. The molecule has 7 heteroatoms. The Kier molecular flexibility index (Phi) is 7.54. The molecule has 1 aliphatic heterocycles. The van der Waals surface area contributed by atoms with Crippen molar-refractivity contribution in [3.05, 3.63) is 53.1 Å². The highest BCUT2D eigenvalue weighted by Crippen LogP contribution is 2.21. The van der Waals surface area contributed by atoms with Gasteiger partial charge in [0.2, 0.25) is 0 Å². The molecule has 0 unspecified atom stereocenters. The van der Waals surface area contributed by atoms with E-state index in [2.05, 4.69) is 33.7 Å². The number of benzene rings is 1. The Labute approximate surface area is 177 Å². The number of rotatable bonds is 3. The van der Waals surface area contributed by atoms with Gasteiger partial charge < -0.3 is 19.5 Å². The first-order valence-corrected chi connectivity index (χ1v) is 10.4. The van der Waals surface area contributed by atoms with Crippen LogP contribution in [0.1, 0.15) is 13.8 Å². The summed E-state index contributed by atoms with van der Waals surface area (Å²) in [6.45, 7) is 9.78. The molecule has 1 aromatic carbocycles. The molecular formula is C23H31N5O2. The monoisotopic (exact) mass is 409 g/mol. The number of hydrogen-bond donors (Lipinski definition) is 1. The molecule has 0 amide bonds. The number of hydrogen-bond acceptors (Lipinski definition) is 6. The van der Waals surface area contributed by atoms with Crippen molar-refractivity contribution >= 4 is 16.7 Å². The molecule has 1 aliphatic rings. The van der Waals surface area contributed by atoms with Crippen molar-refractivity contribution in [2.45, 2.75) is 13.8 Å². The lowest BCUT2D eigenvalue weighted by molar-refractivity contribution is 0.126. The Hall–Kier alpha value is -2.77. The predicted octanol–water partition coefficient (Wildman–Crippen LogP) is 3.03. The second-order valence-corrected chi connectivity index (χ2v) is 7.82. The smallest absolute Gasteiger partial charge is 0.276 e. The summed E-state index contributed by atoms with van der Waals surface area (Å²) in [6, 6.07) is 9.81. The molecule has 0 saturated carbocycles. The number of fused-ring (bicyclic) bond motifs is 1. The van der Waals surface area contributed by atoms with Crippen molar-refractivity contribution in [1.82, 2.24) is 19.9 Å². The maximum absolute atomic E-state index is 12.0. The van der Waals surface area contributed by atoms with Crippen LogP contribution in [0.25, 0.3) is 22.3 Å². The average Bonchev–Trinajstić information content (AvgIpc) is 2.98. The molecule has 160 valence electrons. The number of aromatic nitrogens is 3. The van der Waals surface area contributed by atoms with Crippen LogP contribution in [-0.4, -0.2) is 66.8 Å². The minimum atomic E-state index is -0.220. The van der Waals surface area contributed by atoms with E-state index in [0.717, 1.165) is 43.2 Å². The summed E-state index contributed by atoms with van der Waals surface area (Å²) in [5.74, 6) is 0.711. The zero-order valence-electron chi connectivity index (χ0n) is 18.3. The first kappa shape index (κ1) is 21.9. The lowest BCUT2D eigenvalue weighted by Crippen LogP contribution is -2.28. The van der Waals surface area contributed by atoms with Crippen LogP contribution in [0.2, 0.25) is 0 Å². The minimum Gasteiger partial charge on any atom is -0.380 e. The molecule has 0 bridgehead atoms. The first-order chi connectivity index (χ1) is 14.5. The number of pyridine rings is 1. The summed E-state index contributed by atoms with van der Waals surface area (Å²) < 4.78 is 5.40.